The molecule has 0 saturated carbocycles. The van der Waals surface area contributed by atoms with Crippen LogP contribution in [0.5, 0.6) is 0 Å². The molecule has 2 atom stereocenters. The summed E-state index contributed by atoms with van der Waals surface area (Å²) in [4.78, 5) is 42.3. The van der Waals surface area contributed by atoms with Gasteiger partial charge in [0.15, 0.2) is 10.4 Å². The van der Waals surface area contributed by atoms with Gasteiger partial charge in [0.25, 0.3) is 5.91 Å². The van der Waals surface area contributed by atoms with Crippen molar-refractivity contribution < 1.29 is 23.5 Å². The number of carbonyl (C=O) groups is 3. The highest BCUT2D eigenvalue weighted by Crippen LogP contribution is 2.46. The molecular weight excluding hydrogens is 596 g/mol. The van der Waals surface area contributed by atoms with Crippen LogP contribution in [0.25, 0.3) is 0 Å². The third-order valence-corrected chi connectivity index (χ3v) is 10.0. The van der Waals surface area contributed by atoms with Gasteiger partial charge in [0.1, 0.15) is 28.4 Å². The number of amides is 2. The van der Waals surface area contributed by atoms with Gasteiger partial charge in [-0.3, -0.25) is 14.5 Å². The van der Waals surface area contributed by atoms with Crippen LogP contribution in [0.1, 0.15) is 22.8 Å². The van der Waals surface area contributed by atoms with Gasteiger partial charge in [0, 0.05) is 10.7 Å². The lowest BCUT2D eigenvalue weighted by Gasteiger charge is -2.49. The van der Waals surface area contributed by atoms with E-state index in [2.05, 4.69) is 15.5 Å². The topological polar surface area (TPSA) is 101 Å². The van der Waals surface area contributed by atoms with Crippen LogP contribution < -0.4 is 5.32 Å². The van der Waals surface area contributed by atoms with E-state index in [0.717, 1.165) is 11.1 Å². The maximum absolute atomic E-state index is 14.0. The summed E-state index contributed by atoms with van der Waals surface area (Å²) in [5.41, 5.74) is 3.81. The SMILES string of the molecule is O=C(Cc1cccc(F)c1)N[C@@H]1C(=O)N2C(C(=O)OC(c3ccccc3)c3ccccc3)=C(Sc3nncs3)CS[C@@H]12. The van der Waals surface area contributed by atoms with Crippen LogP contribution in [0.2, 0.25) is 0 Å². The van der Waals surface area contributed by atoms with Gasteiger partial charge in [-0.25, -0.2) is 9.18 Å². The lowest BCUT2D eigenvalue weighted by Crippen LogP contribution is -2.70. The molecule has 4 aromatic rings. The third-order valence-electron chi connectivity index (χ3n) is 6.68. The van der Waals surface area contributed by atoms with Crippen molar-refractivity contribution in [3.8, 4) is 0 Å². The number of rotatable bonds is 9. The molecule has 0 aliphatic carbocycles. The second kappa shape index (κ2) is 12.5. The van der Waals surface area contributed by atoms with Crippen molar-refractivity contribution in [2.75, 3.05) is 5.75 Å². The predicted molar refractivity (Wildman–Crippen MR) is 159 cm³/mol. The van der Waals surface area contributed by atoms with Crippen molar-refractivity contribution in [2.24, 2.45) is 0 Å². The van der Waals surface area contributed by atoms with E-state index in [4.69, 9.17) is 4.74 Å². The molecule has 8 nitrogen and oxygen atoms in total. The highest BCUT2D eigenvalue weighted by Gasteiger charge is 2.55. The number of aromatic nitrogens is 2. The van der Waals surface area contributed by atoms with Gasteiger partial charge in [-0.05, 0) is 28.8 Å². The fraction of sp³-hybridized carbons (Fsp3) is 0.167. The van der Waals surface area contributed by atoms with Crippen LogP contribution in [0.4, 0.5) is 4.39 Å². The molecule has 6 rings (SSSR count). The average Bonchev–Trinajstić information content (AvgIpc) is 3.52. The van der Waals surface area contributed by atoms with Crippen molar-refractivity contribution >= 4 is 52.6 Å². The zero-order valence-electron chi connectivity index (χ0n) is 21.9. The number of esters is 1. The summed E-state index contributed by atoms with van der Waals surface area (Å²) in [6.07, 6.45) is -0.774. The Morgan fingerprint density at radius 3 is 2.40 bits per heavy atom. The van der Waals surface area contributed by atoms with Crippen molar-refractivity contribution in [2.45, 2.75) is 28.3 Å². The summed E-state index contributed by atoms with van der Waals surface area (Å²) in [5, 5.41) is 10.2. The molecule has 1 aromatic heterocycles. The Bertz CT molecular complexity index is 1600. The summed E-state index contributed by atoms with van der Waals surface area (Å²) in [5.74, 6) is -1.51. The molecule has 0 spiro atoms. The minimum atomic E-state index is -0.828. The first kappa shape index (κ1) is 28.1. The molecule has 0 unspecified atom stereocenters. The zero-order valence-corrected chi connectivity index (χ0v) is 24.3. The molecule has 12 heteroatoms. The smallest absolute Gasteiger partial charge is 0.356 e. The second-order valence-electron chi connectivity index (χ2n) is 9.45. The average molecular weight is 619 g/mol. The van der Waals surface area contributed by atoms with Crippen LogP contribution >= 0.6 is 34.9 Å². The molecule has 2 aliphatic rings. The molecule has 212 valence electrons. The van der Waals surface area contributed by atoms with E-state index in [1.807, 2.05) is 60.7 Å². The Hall–Kier alpha value is -4.00. The monoisotopic (exact) mass is 618 g/mol. The van der Waals surface area contributed by atoms with Gasteiger partial charge >= 0.3 is 5.97 Å². The molecule has 1 N–H and O–H groups in total. The van der Waals surface area contributed by atoms with Crippen LogP contribution in [0.15, 0.2) is 105 Å². The summed E-state index contributed by atoms with van der Waals surface area (Å²) < 4.78 is 20.4. The molecule has 3 heterocycles. The summed E-state index contributed by atoms with van der Waals surface area (Å²) in [6.45, 7) is 0. The van der Waals surface area contributed by atoms with Crippen molar-refractivity contribution in [3.63, 3.8) is 0 Å². The van der Waals surface area contributed by atoms with E-state index < -0.39 is 41.1 Å². The highest BCUT2D eigenvalue weighted by atomic mass is 32.2. The molecule has 1 fully saturated rings. The van der Waals surface area contributed by atoms with Crippen LogP contribution in [-0.2, 0) is 25.5 Å². The van der Waals surface area contributed by atoms with Crippen LogP contribution in [-0.4, -0.2) is 50.0 Å². The molecular formula is C30H23FN4O4S3. The number of halogens is 1. The first-order valence-corrected chi connectivity index (χ1v) is 15.7. The van der Waals surface area contributed by atoms with E-state index >= 15 is 0 Å². The molecule has 1 saturated heterocycles. The largest absolute Gasteiger partial charge is 0.448 e. The van der Waals surface area contributed by atoms with Crippen molar-refractivity contribution in [1.82, 2.24) is 20.4 Å². The lowest BCUT2D eigenvalue weighted by molar-refractivity contribution is -0.154. The van der Waals surface area contributed by atoms with Gasteiger partial charge in [0.2, 0.25) is 5.91 Å². The molecule has 42 heavy (non-hydrogen) atoms. The highest BCUT2D eigenvalue weighted by molar-refractivity contribution is 8.07. The quantitative estimate of drug-likeness (QED) is 0.208. The number of carbonyl (C=O) groups excluding carboxylic acids is 3. The zero-order chi connectivity index (χ0) is 29.1. The van der Waals surface area contributed by atoms with E-state index in [1.165, 1.54) is 58.0 Å². The normalized spacial score (nSPS) is 18.0. The van der Waals surface area contributed by atoms with Gasteiger partial charge < -0.3 is 10.1 Å². The minimum absolute atomic E-state index is 0.0718. The Morgan fingerprint density at radius 2 is 1.76 bits per heavy atom. The maximum atomic E-state index is 14.0. The number of nitrogens with one attached hydrogen (secondary N) is 1. The van der Waals surface area contributed by atoms with E-state index in [-0.39, 0.29) is 12.1 Å². The predicted octanol–water partition coefficient (Wildman–Crippen LogP) is 4.96. The van der Waals surface area contributed by atoms with Gasteiger partial charge in [-0.2, -0.15) is 0 Å². The number of nitrogens with zero attached hydrogens (tertiary/aromatic N) is 3. The first-order valence-electron chi connectivity index (χ1n) is 12.9. The number of fused-ring (bicyclic) bond motifs is 1. The lowest BCUT2D eigenvalue weighted by atomic mass is 10.0. The fourth-order valence-corrected chi connectivity index (χ4v) is 7.89. The maximum Gasteiger partial charge on any atom is 0.356 e. The number of thioether (sulfide) groups is 2. The standard InChI is InChI=1S/C30H23FN4O4S3/c31-21-13-7-8-18(14-21)15-23(36)33-24-27(37)35-25(22(16-40-28(24)35)42-30-34-32-17-41-30)29(38)39-26(19-9-3-1-4-10-19)20-11-5-2-6-12-20/h1-14,17,24,26,28H,15-16H2,(H,33,36)/t24-,28+/m1/s1. The number of β-lactam (4-membered cyclic amide) rings is 1. The van der Waals surface area contributed by atoms with Gasteiger partial charge in [-0.1, -0.05) is 95.9 Å². The number of hydrogen-bond acceptors (Lipinski definition) is 9. The first-order chi connectivity index (χ1) is 20.5. The van der Waals surface area contributed by atoms with E-state index in [9.17, 15) is 18.8 Å². The number of benzene rings is 3. The summed E-state index contributed by atoms with van der Waals surface area (Å²) in [7, 11) is 0. The molecule has 3 aromatic carbocycles. The molecule has 0 bridgehead atoms. The molecule has 0 radical (unpaired) electrons. The Labute approximate surface area is 253 Å². The van der Waals surface area contributed by atoms with Gasteiger partial charge in [0.05, 0.1) is 6.42 Å². The Morgan fingerprint density at radius 1 is 1.05 bits per heavy atom. The second-order valence-corrected chi connectivity index (χ2v) is 12.7. The molecule has 2 aliphatic heterocycles. The van der Waals surface area contributed by atoms with Crippen molar-refractivity contribution in [1.29, 1.82) is 0 Å². The Kier molecular flexibility index (Phi) is 8.36. The van der Waals surface area contributed by atoms with E-state index in [1.54, 1.807) is 11.6 Å². The molecule has 2 amide bonds. The number of ether oxygens (including phenoxy) is 1. The number of hydrogen-bond donors (Lipinski definition) is 1. The Balaban J connectivity index is 1.26. The fourth-order valence-electron chi connectivity index (χ4n) is 4.78. The van der Waals surface area contributed by atoms with Crippen molar-refractivity contribution in [3.05, 3.63) is 124 Å². The summed E-state index contributed by atoms with van der Waals surface area (Å²) in [6, 6.07) is 23.7. The van der Waals surface area contributed by atoms with Crippen LogP contribution in [0.3, 0.4) is 0 Å². The van der Waals surface area contributed by atoms with Gasteiger partial charge in [-0.15, -0.1) is 22.0 Å². The minimum Gasteiger partial charge on any atom is -0.448 e. The third kappa shape index (κ3) is 5.96. The van der Waals surface area contributed by atoms with E-state index in [0.29, 0.717) is 20.6 Å². The summed E-state index contributed by atoms with van der Waals surface area (Å²) >= 11 is 4.04. The van der Waals surface area contributed by atoms with Crippen LogP contribution in [0, 0.1) is 5.82 Å².